The number of rotatable bonds is 7. The number of piperidine rings is 1. The Morgan fingerprint density at radius 2 is 1.94 bits per heavy atom. The summed E-state index contributed by atoms with van der Waals surface area (Å²) in [5, 5.41) is 2.95. The largest absolute Gasteiger partial charge is 0.486 e. The fourth-order valence-corrected chi connectivity index (χ4v) is 4.88. The van der Waals surface area contributed by atoms with Crippen LogP contribution in [-0.2, 0) is 16.0 Å². The minimum atomic E-state index is 0.00936. The number of anilines is 1. The Bertz CT molecular complexity index is 921. The fraction of sp³-hybridized carbons (Fsp3) is 0.522. The molecule has 0 saturated carbocycles. The van der Waals surface area contributed by atoms with Crippen LogP contribution in [0.3, 0.4) is 0 Å². The average molecular weight is 444 g/mol. The molecule has 166 valence electrons. The van der Waals surface area contributed by atoms with Crippen LogP contribution in [0.15, 0.2) is 23.7 Å². The number of fused-ring (bicyclic) bond motifs is 1. The van der Waals surface area contributed by atoms with Gasteiger partial charge in [-0.3, -0.25) is 9.59 Å². The van der Waals surface area contributed by atoms with Gasteiger partial charge in [-0.05, 0) is 50.7 Å². The summed E-state index contributed by atoms with van der Waals surface area (Å²) >= 11 is 1.62. The molecular weight excluding hydrogens is 414 g/mol. The second-order valence-corrected chi connectivity index (χ2v) is 9.07. The maximum absolute atomic E-state index is 12.5. The van der Waals surface area contributed by atoms with Crippen LogP contribution in [-0.4, -0.2) is 48.0 Å². The highest BCUT2D eigenvalue weighted by Crippen LogP contribution is 2.32. The van der Waals surface area contributed by atoms with E-state index in [0.717, 1.165) is 50.2 Å². The number of aromatic nitrogens is 1. The third-order valence-electron chi connectivity index (χ3n) is 5.98. The molecule has 0 spiro atoms. The van der Waals surface area contributed by atoms with Crippen molar-refractivity contribution < 1.29 is 19.1 Å². The number of hydrogen-bond donors (Lipinski definition) is 1. The lowest BCUT2D eigenvalue weighted by Gasteiger charge is -2.32. The first kappa shape index (κ1) is 21.6. The molecular formula is C23H29N3O4S. The smallest absolute Gasteiger partial charge is 0.224 e. The minimum absolute atomic E-state index is 0.00936. The van der Waals surface area contributed by atoms with Crippen LogP contribution in [0.4, 0.5) is 5.69 Å². The number of thiazole rings is 1. The molecule has 3 heterocycles. The van der Waals surface area contributed by atoms with E-state index in [-0.39, 0.29) is 11.8 Å². The normalized spacial score (nSPS) is 16.2. The zero-order valence-electron chi connectivity index (χ0n) is 17.9. The van der Waals surface area contributed by atoms with Crippen LogP contribution in [0, 0.1) is 12.8 Å². The van der Waals surface area contributed by atoms with E-state index in [1.807, 2.05) is 35.5 Å². The SMILES string of the molecule is Cc1ncsc1CCC(=O)N1CCC(CCC(=O)Nc2ccc3c(c2)OCCO3)CC1. The Kier molecular flexibility index (Phi) is 7.06. The number of hydrogen-bond acceptors (Lipinski definition) is 6. The lowest BCUT2D eigenvalue weighted by molar-refractivity contribution is -0.132. The zero-order chi connectivity index (χ0) is 21.6. The van der Waals surface area contributed by atoms with Gasteiger partial charge in [0.15, 0.2) is 11.5 Å². The second kappa shape index (κ2) is 10.1. The number of carbonyl (C=O) groups excluding carboxylic acids is 2. The molecule has 0 atom stereocenters. The molecule has 31 heavy (non-hydrogen) atoms. The number of nitrogens with one attached hydrogen (secondary N) is 1. The summed E-state index contributed by atoms with van der Waals surface area (Å²) in [5.41, 5.74) is 3.60. The third kappa shape index (κ3) is 5.76. The Morgan fingerprint density at radius 3 is 2.68 bits per heavy atom. The van der Waals surface area contributed by atoms with Crippen molar-refractivity contribution in [1.82, 2.24) is 9.88 Å². The maximum atomic E-state index is 12.5. The number of ether oxygens (including phenoxy) is 2. The first-order chi connectivity index (χ1) is 15.1. The van der Waals surface area contributed by atoms with Crippen LogP contribution in [0.1, 0.15) is 42.7 Å². The van der Waals surface area contributed by atoms with Gasteiger partial charge in [0, 0.05) is 42.6 Å². The van der Waals surface area contributed by atoms with Gasteiger partial charge in [0.05, 0.1) is 11.2 Å². The quantitative estimate of drug-likeness (QED) is 0.704. The minimum Gasteiger partial charge on any atom is -0.486 e. The van der Waals surface area contributed by atoms with Crippen molar-refractivity contribution in [2.45, 2.75) is 45.4 Å². The molecule has 2 aliphatic heterocycles. The number of carbonyl (C=O) groups is 2. The molecule has 1 aromatic carbocycles. The van der Waals surface area contributed by atoms with Crippen LogP contribution >= 0.6 is 11.3 Å². The van der Waals surface area contributed by atoms with Gasteiger partial charge in [-0.15, -0.1) is 11.3 Å². The topological polar surface area (TPSA) is 80.8 Å². The highest BCUT2D eigenvalue weighted by Gasteiger charge is 2.23. The number of likely N-dealkylation sites (tertiary alicyclic amines) is 1. The number of aryl methyl sites for hydroxylation is 2. The summed E-state index contributed by atoms with van der Waals surface area (Å²) in [6.45, 7) is 4.64. The van der Waals surface area contributed by atoms with E-state index in [1.165, 1.54) is 4.88 Å². The van der Waals surface area contributed by atoms with E-state index in [0.29, 0.717) is 43.5 Å². The molecule has 7 nitrogen and oxygen atoms in total. The molecule has 0 radical (unpaired) electrons. The zero-order valence-corrected chi connectivity index (χ0v) is 18.7. The molecule has 1 saturated heterocycles. The van der Waals surface area contributed by atoms with E-state index in [1.54, 1.807) is 11.3 Å². The molecule has 1 aromatic heterocycles. The molecule has 0 bridgehead atoms. The van der Waals surface area contributed by atoms with Gasteiger partial charge >= 0.3 is 0 Å². The molecule has 4 rings (SSSR count). The molecule has 1 fully saturated rings. The predicted molar refractivity (Wildman–Crippen MR) is 120 cm³/mol. The van der Waals surface area contributed by atoms with E-state index in [4.69, 9.17) is 9.47 Å². The third-order valence-corrected chi connectivity index (χ3v) is 6.98. The monoisotopic (exact) mass is 443 g/mol. The molecule has 2 aromatic rings. The number of amides is 2. The highest BCUT2D eigenvalue weighted by atomic mass is 32.1. The van der Waals surface area contributed by atoms with Gasteiger partial charge in [-0.25, -0.2) is 4.98 Å². The fourth-order valence-electron chi connectivity index (χ4n) is 4.10. The van der Waals surface area contributed by atoms with E-state index in [9.17, 15) is 9.59 Å². The van der Waals surface area contributed by atoms with Crippen molar-refractivity contribution in [2.75, 3.05) is 31.6 Å². The Balaban J connectivity index is 1.16. The van der Waals surface area contributed by atoms with Gasteiger partial charge in [-0.2, -0.15) is 0 Å². The molecule has 1 N–H and O–H groups in total. The number of nitrogens with zero attached hydrogens (tertiary/aromatic N) is 2. The summed E-state index contributed by atoms with van der Waals surface area (Å²) in [6.07, 6.45) is 4.57. The van der Waals surface area contributed by atoms with Gasteiger partial charge in [0.1, 0.15) is 13.2 Å². The van der Waals surface area contributed by atoms with Crippen LogP contribution in [0.2, 0.25) is 0 Å². The maximum Gasteiger partial charge on any atom is 0.224 e. The lowest BCUT2D eigenvalue weighted by atomic mass is 9.92. The Labute approximate surface area is 186 Å². The summed E-state index contributed by atoms with van der Waals surface area (Å²) in [6, 6.07) is 5.47. The Hall–Kier alpha value is -2.61. The van der Waals surface area contributed by atoms with Crippen molar-refractivity contribution in [3.8, 4) is 11.5 Å². The standard InChI is InChI=1S/C23H29N3O4S/c1-16-21(31-15-24-16)5-7-23(28)26-10-8-17(9-11-26)2-6-22(27)25-18-3-4-19-20(14-18)30-13-12-29-19/h3-4,14-15,17H,2,5-13H2,1H3,(H,25,27). The van der Waals surface area contributed by atoms with E-state index >= 15 is 0 Å². The predicted octanol–water partition coefficient (Wildman–Crippen LogP) is 3.81. The Morgan fingerprint density at radius 1 is 1.16 bits per heavy atom. The number of benzene rings is 1. The lowest BCUT2D eigenvalue weighted by Crippen LogP contribution is -2.38. The summed E-state index contributed by atoms with van der Waals surface area (Å²) < 4.78 is 11.1. The van der Waals surface area contributed by atoms with Crippen LogP contribution in [0.5, 0.6) is 11.5 Å². The van der Waals surface area contributed by atoms with Gasteiger partial charge < -0.3 is 19.7 Å². The van der Waals surface area contributed by atoms with Crippen molar-refractivity contribution in [3.05, 3.63) is 34.3 Å². The molecule has 0 aliphatic carbocycles. The first-order valence-corrected chi connectivity index (χ1v) is 11.8. The summed E-state index contributed by atoms with van der Waals surface area (Å²) in [7, 11) is 0. The van der Waals surface area contributed by atoms with Crippen molar-refractivity contribution in [2.24, 2.45) is 5.92 Å². The van der Waals surface area contributed by atoms with Crippen molar-refractivity contribution in [3.63, 3.8) is 0 Å². The molecule has 2 amide bonds. The molecule has 2 aliphatic rings. The average Bonchev–Trinajstić information content (AvgIpc) is 3.21. The van der Waals surface area contributed by atoms with E-state index in [2.05, 4.69) is 10.3 Å². The summed E-state index contributed by atoms with van der Waals surface area (Å²) in [4.78, 5) is 32.3. The molecule has 0 unspecified atom stereocenters. The van der Waals surface area contributed by atoms with Gasteiger partial charge in [0.25, 0.3) is 0 Å². The summed E-state index contributed by atoms with van der Waals surface area (Å²) in [5.74, 6) is 2.11. The molecule has 8 heteroatoms. The van der Waals surface area contributed by atoms with Crippen LogP contribution in [0.25, 0.3) is 0 Å². The van der Waals surface area contributed by atoms with Gasteiger partial charge in [0.2, 0.25) is 11.8 Å². The van der Waals surface area contributed by atoms with Crippen LogP contribution < -0.4 is 14.8 Å². The highest BCUT2D eigenvalue weighted by molar-refractivity contribution is 7.09. The van der Waals surface area contributed by atoms with Crippen molar-refractivity contribution >= 4 is 28.8 Å². The second-order valence-electron chi connectivity index (χ2n) is 8.13. The van der Waals surface area contributed by atoms with Crippen molar-refractivity contribution in [1.29, 1.82) is 0 Å². The van der Waals surface area contributed by atoms with Gasteiger partial charge in [-0.1, -0.05) is 0 Å². The first-order valence-electron chi connectivity index (χ1n) is 10.9. The van der Waals surface area contributed by atoms with E-state index < -0.39 is 0 Å².